The minimum absolute atomic E-state index is 0.136. The summed E-state index contributed by atoms with van der Waals surface area (Å²) in [4.78, 5) is 14.2. The normalized spacial score (nSPS) is 11.0. The Bertz CT molecular complexity index is 865. The van der Waals surface area contributed by atoms with Crippen LogP contribution in [0.25, 0.3) is 11.0 Å². The van der Waals surface area contributed by atoms with Gasteiger partial charge in [0.15, 0.2) is 17.2 Å². The Kier molecular flexibility index (Phi) is 3.90. The minimum Gasteiger partial charge on any atom is -0.448 e. The lowest BCUT2D eigenvalue weighted by Crippen LogP contribution is -2.26. The van der Waals surface area contributed by atoms with E-state index in [0.717, 1.165) is 5.56 Å². The Hall–Kier alpha value is -2.62. The molecule has 118 valence electrons. The number of carbonyl (C=O) groups is 1. The molecule has 0 N–H and O–H groups in total. The van der Waals surface area contributed by atoms with E-state index >= 15 is 0 Å². The second-order valence-electron chi connectivity index (χ2n) is 5.82. The van der Waals surface area contributed by atoms with Crippen LogP contribution in [0.3, 0.4) is 0 Å². The maximum Gasteiger partial charge on any atom is 0.289 e. The first kappa shape index (κ1) is 15.3. The number of para-hydroxylation sites is 1. The summed E-state index contributed by atoms with van der Waals surface area (Å²) >= 11 is 0. The molecule has 23 heavy (non-hydrogen) atoms. The standard InChI is InChI=1S/C19H18FNO2/c1-12-7-9-14(10-8-12)11-21(3)19(22)17-13(2)15-5-4-6-16(20)18(15)23-17/h4-10H,11H2,1-3H3. The molecule has 0 radical (unpaired) electrons. The molecule has 0 spiro atoms. The van der Waals surface area contributed by atoms with Gasteiger partial charge < -0.3 is 9.32 Å². The molecular weight excluding hydrogens is 293 g/mol. The van der Waals surface area contributed by atoms with Crippen LogP contribution >= 0.6 is 0 Å². The molecule has 0 atom stereocenters. The highest BCUT2D eigenvalue weighted by molar-refractivity contribution is 5.98. The van der Waals surface area contributed by atoms with Crippen molar-refractivity contribution in [2.75, 3.05) is 7.05 Å². The van der Waals surface area contributed by atoms with Crippen molar-refractivity contribution in [1.29, 1.82) is 0 Å². The molecular formula is C19H18FNO2. The Morgan fingerprint density at radius 3 is 2.48 bits per heavy atom. The van der Waals surface area contributed by atoms with Crippen LogP contribution in [-0.2, 0) is 6.54 Å². The monoisotopic (exact) mass is 311 g/mol. The Balaban J connectivity index is 1.89. The fraction of sp³-hybridized carbons (Fsp3) is 0.211. The average Bonchev–Trinajstić information content (AvgIpc) is 2.87. The number of nitrogens with zero attached hydrogens (tertiary/aromatic N) is 1. The molecule has 0 fully saturated rings. The molecule has 3 nitrogen and oxygen atoms in total. The van der Waals surface area contributed by atoms with Crippen LogP contribution in [0, 0.1) is 19.7 Å². The summed E-state index contributed by atoms with van der Waals surface area (Å²) in [5, 5.41) is 0.636. The van der Waals surface area contributed by atoms with Gasteiger partial charge in [-0.05, 0) is 25.5 Å². The molecule has 1 amide bonds. The molecule has 0 unspecified atom stereocenters. The van der Waals surface area contributed by atoms with Gasteiger partial charge in [0.2, 0.25) is 0 Å². The van der Waals surface area contributed by atoms with Gasteiger partial charge in [-0.25, -0.2) is 4.39 Å². The van der Waals surface area contributed by atoms with E-state index < -0.39 is 5.82 Å². The van der Waals surface area contributed by atoms with Crippen LogP contribution in [0.5, 0.6) is 0 Å². The Morgan fingerprint density at radius 2 is 1.83 bits per heavy atom. The maximum absolute atomic E-state index is 13.8. The number of hydrogen-bond donors (Lipinski definition) is 0. The van der Waals surface area contributed by atoms with Crippen molar-refractivity contribution in [2.45, 2.75) is 20.4 Å². The topological polar surface area (TPSA) is 33.5 Å². The van der Waals surface area contributed by atoms with Crippen molar-refractivity contribution in [2.24, 2.45) is 0 Å². The molecule has 3 rings (SSSR count). The smallest absolute Gasteiger partial charge is 0.289 e. The highest BCUT2D eigenvalue weighted by Crippen LogP contribution is 2.28. The fourth-order valence-electron chi connectivity index (χ4n) is 2.63. The number of aryl methyl sites for hydroxylation is 2. The van der Waals surface area contributed by atoms with E-state index in [1.807, 2.05) is 31.2 Å². The number of carbonyl (C=O) groups excluding carboxylic acids is 1. The second kappa shape index (κ2) is 5.88. The summed E-state index contributed by atoms with van der Waals surface area (Å²) < 4.78 is 19.3. The van der Waals surface area contributed by atoms with E-state index in [1.54, 1.807) is 31.0 Å². The van der Waals surface area contributed by atoms with Gasteiger partial charge in [0.25, 0.3) is 5.91 Å². The van der Waals surface area contributed by atoms with Gasteiger partial charge in [0, 0.05) is 24.5 Å². The molecule has 0 aliphatic rings. The van der Waals surface area contributed by atoms with Crippen molar-refractivity contribution >= 4 is 16.9 Å². The van der Waals surface area contributed by atoms with Gasteiger partial charge in [0.1, 0.15) is 0 Å². The van der Waals surface area contributed by atoms with Crippen LogP contribution in [0.2, 0.25) is 0 Å². The summed E-state index contributed by atoms with van der Waals surface area (Å²) in [5.74, 6) is -0.510. The van der Waals surface area contributed by atoms with E-state index in [4.69, 9.17) is 4.42 Å². The summed E-state index contributed by atoms with van der Waals surface area (Å²) in [5.41, 5.74) is 3.01. The first-order valence-electron chi connectivity index (χ1n) is 7.46. The lowest BCUT2D eigenvalue weighted by atomic mass is 10.1. The van der Waals surface area contributed by atoms with Crippen LogP contribution in [-0.4, -0.2) is 17.9 Å². The highest BCUT2D eigenvalue weighted by Gasteiger charge is 2.22. The number of benzene rings is 2. The predicted molar refractivity (Wildman–Crippen MR) is 87.9 cm³/mol. The van der Waals surface area contributed by atoms with Crippen molar-refractivity contribution in [3.63, 3.8) is 0 Å². The van der Waals surface area contributed by atoms with Gasteiger partial charge >= 0.3 is 0 Å². The average molecular weight is 311 g/mol. The number of amides is 1. The van der Waals surface area contributed by atoms with E-state index in [2.05, 4.69) is 0 Å². The molecule has 2 aromatic carbocycles. The van der Waals surface area contributed by atoms with Crippen LogP contribution in [0.1, 0.15) is 27.2 Å². The molecule has 0 saturated heterocycles. The molecule has 1 aromatic heterocycles. The SMILES string of the molecule is Cc1ccc(CN(C)C(=O)c2oc3c(F)cccc3c2C)cc1. The molecule has 0 aliphatic heterocycles. The van der Waals surface area contributed by atoms with E-state index in [-0.39, 0.29) is 17.3 Å². The first-order chi connectivity index (χ1) is 11.0. The van der Waals surface area contributed by atoms with Crippen LogP contribution < -0.4 is 0 Å². The fourth-order valence-corrected chi connectivity index (χ4v) is 2.63. The van der Waals surface area contributed by atoms with Crippen molar-refractivity contribution in [3.05, 3.63) is 70.7 Å². The van der Waals surface area contributed by atoms with Gasteiger partial charge in [-0.1, -0.05) is 42.0 Å². The van der Waals surface area contributed by atoms with Gasteiger partial charge in [-0.15, -0.1) is 0 Å². The molecule has 0 aliphatic carbocycles. The summed E-state index contributed by atoms with van der Waals surface area (Å²) in [7, 11) is 1.71. The molecule has 0 saturated carbocycles. The maximum atomic E-state index is 13.8. The Labute approximate surface area is 134 Å². The molecule has 3 aromatic rings. The van der Waals surface area contributed by atoms with Gasteiger partial charge in [-0.3, -0.25) is 4.79 Å². The van der Waals surface area contributed by atoms with Crippen LogP contribution in [0.15, 0.2) is 46.9 Å². The molecule has 0 bridgehead atoms. The largest absolute Gasteiger partial charge is 0.448 e. The number of halogens is 1. The number of rotatable bonds is 3. The number of hydrogen-bond acceptors (Lipinski definition) is 2. The summed E-state index contributed by atoms with van der Waals surface area (Å²) in [6.45, 7) is 4.27. The number of fused-ring (bicyclic) bond motifs is 1. The van der Waals surface area contributed by atoms with Crippen molar-refractivity contribution in [3.8, 4) is 0 Å². The van der Waals surface area contributed by atoms with Crippen molar-refractivity contribution < 1.29 is 13.6 Å². The second-order valence-corrected chi connectivity index (χ2v) is 5.82. The Morgan fingerprint density at radius 1 is 1.13 bits per heavy atom. The van der Waals surface area contributed by atoms with E-state index in [0.29, 0.717) is 17.5 Å². The lowest BCUT2D eigenvalue weighted by molar-refractivity contribution is 0.0754. The zero-order valence-corrected chi connectivity index (χ0v) is 13.4. The van der Waals surface area contributed by atoms with E-state index in [9.17, 15) is 9.18 Å². The quantitative estimate of drug-likeness (QED) is 0.715. The predicted octanol–water partition coefficient (Wildman–Crippen LogP) is 4.46. The lowest BCUT2D eigenvalue weighted by Gasteiger charge is -2.16. The molecule has 1 heterocycles. The minimum atomic E-state index is -0.453. The van der Waals surface area contributed by atoms with E-state index in [1.165, 1.54) is 11.6 Å². The third-order valence-electron chi connectivity index (χ3n) is 4.00. The van der Waals surface area contributed by atoms with Crippen molar-refractivity contribution in [1.82, 2.24) is 4.90 Å². The third-order valence-corrected chi connectivity index (χ3v) is 4.00. The first-order valence-corrected chi connectivity index (χ1v) is 7.46. The molecule has 4 heteroatoms. The zero-order chi connectivity index (χ0) is 16.6. The van der Waals surface area contributed by atoms with Gasteiger partial charge in [-0.2, -0.15) is 0 Å². The summed E-state index contributed by atoms with van der Waals surface area (Å²) in [6, 6.07) is 12.7. The number of furan rings is 1. The van der Waals surface area contributed by atoms with Gasteiger partial charge in [0.05, 0.1) is 0 Å². The zero-order valence-electron chi connectivity index (χ0n) is 13.4. The third kappa shape index (κ3) is 2.84. The summed E-state index contributed by atoms with van der Waals surface area (Å²) in [6.07, 6.45) is 0. The highest BCUT2D eigenvalue weighted by atomic mass is 19.1. The van der Waals surface area contributed by atoms with Crippen LogP contribution in [0.4, 0.5) is 4.39 Å².